The summed E-state index contributed by atoms with van der Waals surface area (Å²) in [5.41, 5.74) is 3.40. The Balaban J connectivity index is 1.67. The second kappa shape index (κ2) is 11.6. The molecule has 1 amide bonds. The van der Waals surface area contributed by atoms with E-state index in [-0.39, 0.29) is 17.7 Å². The van der Waals surface area contributed by atoms with E-state index in [0.717, 1.165) is 43.0 Å². The number of carbonyl (C=O) groups is 1. The maximum Gasteiger partial charge on any atom is 0.247 e. The minimum Gasteiger partial charge on any atom is -0.369 e. The predicted octanol–water partition coefficient (Wildman–Crippen LogP) is 3.42. The minimum absolute atomic E-state index is 0.256. The maximum atomic E-state index is 15.0. The van der Waals surface area contributed by atoms with E-state index in [4.69, 9.17) is 0 Å². The molecule has 1 fully saturated rings. The van der Waals surface area contributed by atoms with E-state index in [1.165, 1.54) is 6.08 Å². The molecule has 0 saturated carbocycles. The molecule has 0 atom stereocenters. The second-order valence-corrected chi connectivity index (χ2v) is 8.83. The summed E-state index contributed by atoms with van der Waals surface area (Å²) >= 11 is 0. The van der Waals surface area contributed by atoms with Crippen LogP contribution in [0.15, 0.2) is 73.5 Å². The van der Waals surface area contributed by atoms with Crippen molar-refractivity contribution in [3.63, 3.8) is 0 Å². The van der Waals surface area contributed by atoms with Crippen molar-refractivity contribution >= 4 is 41.1 Å². The Hall–Kier alpha value is -4.30. The highest BCUT2D eigenvalue weighted by Gasteiger charge is 2.16. The van der Waals surface area contributed by atoms with Crippen LogP contribution >= 0.6 is 0 Å². The molecule has 0 radical (unpaired) electrons. The Morgan fingerprint density at radius 1 is 1.14 bits per heavy atom. The molecule has 1 aromatic heterocycles. The zero-order valence-corrected chi connectivity index (χ0v) is 21.2. The van der Waals surface area contributed by atoms with Gasteiger partial charge in [0.2, 0.25) is 11.9 Å². The average Bonchev–Trinajstić information content (AvgIpc) is 2.90. The van der Waals surface area contributed by atoms with Crippen LogP contribution in [0, 0.1) is 5.82 Å². The van der Waals surface area contributed by atoms with Crippen LogP contribution in [0.25, 0.3) is 12.2 Å². The number of aromatic nitrogens is 2. The molecule has 3 aromatic rings. The molecule has 190 valence electrons. The fraction of sp³-hybridized carbons (Fsp3) is 0.207. The molecule has 1 saturated heterocycles. The van der Waals surface area contributed by atoms with Gasteiger partial charge in [0.25, 0.3) is 0 Å². The van der Waals surface area contributed by atoms with Gasteiger partial charge in [-0.05, 0) is 55.9 Å². The van der Waals surface area contributed by atoms with Crippen molar-refractivity contribution in [1.82, 2.24) is 14.9 Å². The Kier molecular flexibility index (Phi) is 8.10. The number of piperazine rings is 1. The Morgan fingerprint density at radius 3 is 2.62 bits per heavy atom. The van der Waals surface area contributed by atoms with E-state index in [1.807, 2.05) is 43.3 Å². The number of allylic oxidation sites excluding steroid dienone is 2. The quantitative estimate of drug-likeness (QED) is 0.487. The number of likely N-dealkylation sites (N-methyl/N-ethyl adjacent to an activating group) is 1. The van der Waals surface area contributed by atoms with E-state index in [0.29, 0.717) is 21.9 Å². The number of halogens is 1. The van der Waals surface area contributed by atoms with Crippen LogP contribution in [0.3, 0.4) is 0 Å². The number of nitrogens with zero attached hydrogens (tertiary/aromatic N) is 4. The zero-order valence-electron chi connectivity index (χ0n) is 21.2. The Bertz CT molecular complexity index is 1440. The molecule has 2 aromatic carbocycles. The number of hydrogen-bond donors (Lipinski definition) is 2. The number of anilines is 4. The predicted molar refractivity (Wildman–Crippen MR) is 149 cm³/mol. The van der Waals surface area contributed by atoms with Crippen molar-refractivity contribution in [3.05, 3.63) is 95.4 Å². The Labute approximate surface area is 216 Å². The average molecular weight is 499 g/mol. The summed E-state index contributed by atoms with van der Waals surface area (Å²) in [4.78, 5) is 25.2. The molecule has 0 unspecified atom stereocenters. The summed E-state index contributed by atoms with van der Waals surface area (Å²) in [6.45, 7) is 13.1. The number of nitrogens with one attached hydrogen (secondary N) is 2. The lowest BCUT2D eigenvalue weighted by Gasteiger charge is -2.34. The topological polar surface area (TPSA) is 73.4 Å². The maximum absolute atomic E-state index is 15.0. The lowest BCUT2D eigenvalue weighted by molar-refractivity contribution is -0.111. The van der Waals surface area contributed by atoms with Crippen molar-refractivity contribution in [2.24, 2.45) is 0 Å². The molecule has 2 heterocycles. The van der Waals surface area contributed by atoms with Crippen LogP contribution in [0.5, 0.6) is 0 Å². The van der Waals surface area contributed by atoms with Gasteiger partial charge in [-0.15, -0.1) is 0 Å². The normalized spacial score (nSPS) is 14.9. The first kappa shape index (κ1) is 25.8. The molecule has 7 nitrogen and oxygen atoms in total. The lowest BCUT2D eigenvalue weighted by Crippen LogP contribution is -2.44. The molecule has 8 heteroatoms. The van der Waals surface area contributed by atoms with Gasteiger partial charge in [0.05, 0.1) is 11.0 Å². The molecule has 2 N–H and O–H groups in total. The summed E-state index contributed by atoms with van der Waals surface area (Å²) in [5, 5.41) is 7.00. The van der Waals surface area contributed by atoms with Gasteiger partial charge in [-0.25, -0.2) is 14.4 Å². The molecule has 37 heavy (non-hydrogen) atoms. The van der Waals surface area contributed by atoms with Gasteiger partial charge in [-0.3, -0.25) is 4.79 Å². The Morgan fingerprint density at radius 2 is 1.92 bits per heavy atom. The standard InChI is InChI=1S/C29H31FN6O/c1-5-8-24(21-9-7-10-22(17-21)32-27(37)6-2)28-20(3)19-31-29(34-28)33-26-12-11-23(18-25(26)30)36-15-13-35(4)14-16-36/h5-12,17-19H,2-3,13-16H2,1,4H3,(H,32,37)(H,33,34)/b8-5-,28-24-. The summed E-state index contributed by atoms with van der Waals surface area (Å²) in [7, 11) is 2.09. The van der Waals surface area contributed by atoms with E-state index < -0.39 is 0 Å². The summed E-state index contributed by atoms with van der Waals surface area (Å²) in [6.07, 6.45) is 6.64. The van der Waals surface area contributed by atoms with Crippen LogP contribution < -0.4 is 26.1 Å². The monoisotopic (exact) mass is 498 g/mol. The number of carbonyl (C=O) groups excluding carboxylic acids is 1. The van der Waals surface area contributed by atoms with E-state index in [1.54, 1.807) is 24.4 Å². The van der Waals surface area contributed by atoms with Gasteiger partial charge in [0, 0.05) is 54.5 Å². The largest absolute Gasteiger partial charge is 0.369 e. The lowest BCUT2D eigenvalue weighted by atomic mass is 10.0. The smallest absolute Gasteiger partial charge is 0.247 e. The van der Waals surface area contributed by atoms with Gasteiger partial charge in [-0.2, -0.15) is 0 Å². The molecular weight excluding hydrogens is 467 g/mol. The van der Waals surface area contributed by atoms with E-state index in [2.05, 4.69) is 50.6 Å². The van der Waals surface area contributed by atoms with E-state index >= 15 is 4.39 Å². The van der Waals surface area contributed by atoms with Gasteiger partial charge < -0.3 is 20.4 Å². The molecule has 4 rings (SSSR count). The van der Waals surface area contributed by atoms with Crippen molar-refractivity contribution in [2.75, 3.05) is 48.8 Å². The SMILES string of the molecule is C=CC(=O)Nc1cccc(C(/C=C\C)=c2\nc(Nc3ccc(N4CCN(C)CC4)cc3F)ncc2=C)c1. The second-order valence-electron chi connectivity index (χ2n) is 8.83. The van der Waals surface area contributed by atoms with Gasteiger partial charge in [0.1, 0.15) is 5.82 Å². The fourth-order valence-electron chi connectivity index (χ4n) is 4.12. The molecular formula is C29H31FN6O. The van der Waals surface area contributed by atoms with Crippen LogP contribution in [0.1, 0.15) is 12.5 Å². The number of hydrogen-bond acceptors (Lipinski definition) is 6. The molecule has 1 aliphatic rings. The van der Waals surface area contributed by atoms with Crippen molar-refractivity contribution in [1.29, 1.82) is 0 Å². The van der Waals surface area contributed by atoms with Crippen LogP contribution in [0.2, 0.25) is 0 Å². The first-order valence-electron chi connectivity index (χ1n) is 12.1. The van der Waals surface area contributed by atoms with Gasteiger partial charge in [-0.1, -0.05) is 37.4 Å². The highest BCUT2D eigenvalue weighted by molar-refractivity contribution is 5.99. The summed E-state index contributed by atoms with van der Waals surface area (Å²) in [5.74, 6) is -0.410. The molecule has 0 spiro atoms. The van der Waals surface area contributed by atoms with Crippen LogP contribution in [-0.4, -0.2) is 54.0 Å². The highest BCUT2D eigenvalue weighted by Crippen LogP contribution is 2.24. The number of rotatable bonds is 7. The van der Waals surface area contributed by atoms with E-state index in [9.17, 15) is 4.79 Å². The molecule has 1 aliphatic heterocycles. The number of amides is 1. The van der Waals surface area contributed by atoms with Crippen LogP contribution in [-0.2, 0) is 4.79 Å². The third-order valence-corrected chi connectivity index (χ3v) is 6.15. The highest BCUT2D eigenvalue weighted by atomic mass is 19.1. The third kappa shape index (κ3) is 6.29. The van der Waals surface area contributed by atoms with Gasteiger partial charge in [0.15, 0.2) is 0 Å². The molecule has 0 bridgehead atoms. The van der Waals surface area contributed by atoms with Crippen molar-refractivity contribution < 1.29 is 9.18 Å². The fourth-order valence-corrected chi connectivity index (χ4v) is 4.12. The zero-order chi connectivity index (χ0) is 26.4. The van der Waals surface area contributed by atoms with Crippen molar-refractivity contribution in [3.8, 4) is 0 Å². The van der Waals surface area contributed by atoms with Crippen LogP contribution in [0.4, 0.5) is 27.4 Å². The summed E-state index contributed by atoms with van der Waals surface area (Å²) in [6, 6.07) is 12.6. The molecule has 0 aliphatic carbocycles. The number of benzene rings is 2. The van der Waals surface area contributed by atoms with Crippen molar-refractivity contribution in [2.45, 2.75) is 6.92 Å². The van der Waals surface area contributed by atoms with Gasteiger partial charge >= 0.3 is 0 Å². The first-order valence-corrected chi connectivity index (χ1v) is 12.1. The first-order chi connectivity index (χ1) is 17.9. The summed E-state index contributed by atoms with van der Waals surface area (Å²) < 4.78 is 15.0. The third-order valence-electron chi connectivity index (χ3n) is 6.15. The minimum atomic E-state index is -0.372.